The molecule has 0 saturated carbocycles. The van der Waals surface area contributed by atoms with Crippen LogP contribution in [0, 0.1) is 0 Å². The van der Waals surface area contributed by atoms with Crippen molar-refractivity contribution in [1.29, 1.82) is 0 Å². The fourth-order valence-corrected chi connectivity index (χ4v) is 20.4. The highest BCUT2D eigenvalue weighted by Crippen LogP contribution is 2.46. The molecule has 0 aliphatic heterocycles. The third-order valence-electron chi connectivity index (χ3n) is 26.4. The Hall–Kier alpha value is -17.8. The van der Waals surface area contributed by atoms with Gasteiger partial charge in [0.05, 0.1) is 44.1 Å². The third kappa shape index (κ3) is 12.7. The van der Waals surface area contributed by atoms with Crippen molar-refractivity contribution in [2.45, 2.75) is 0 Å². The van der Waals surface area contributed by atoms with Crippen molar-refractivity contribution in [3.63, 3.8) is 0 Å². The molecule has 0 aliphatic carbocycles. The number of benzene rings is 20. The molecular weight excluding hydrogens is 1610 g/mol. The summed E-state index contributed by atoms with van der Waals surface area (Å²) >= 11 is 0. The van der Waals surface area contributed by atoms with Crippen LogP contribution >= 0.6 is 0 Å². The van der Waals surface area contributed by atoms with E-state index in [1.165, 1.54) is 131 Å². The second-order valence-corrected chi connectivity index (χ2v) is 33.9. The predicted molar refractivity (Wildman–Crippen MR) is 549 cm³/mol. The summed E-state index contributed by atoms with van der Waals surface area (Å²) in [6, 6.07) is 163. The summed E-state index contributed by atoms with van der Waals surface area (Å²) in [7, 11) is 0. The van der Waals surface area contributed by atoms with Crippen molar-refractivity contribution in [2.75, 3.05) is 0 Å². The minimum Gasteiger partial charge on any atom is -0.456 e. The number of fused-ring (bicyclic) bond motifs is 25. The van der Waals surface area contributed by atoms with Crippen molar-refractivity contribution in [1.82, 2.24) is 23.3 Å². The van der Waals surface area contributed by atoms with E-state index in [2.05, 4.69) is 418 Å². The number of aromatic nitrogens is 5. The molecule has 0 fully saturated rings. The van der Waals surface area contributed by atoms with E-state index in [0.717, 1.165) is 122 Å². The van der Waals surface area contributed by atoms with Crippen molar-refractivity contribution in [2.24, 2.45) is 0 Å². The average molecular weight is 1690 g/mol. The van der Waals surface area contributed by atoms with Crippen LogP contribution in [0.4, 0.5) is 0 Å². The second kappa shape index (κ2) is 31.1. The molecule has 29 aromatic rings. The lowest BCUT2D eigenvalue weighted by Crippen LogP contribution is -1.96. The summed E-state index contributed by atoms with van der Waals surface area (Å²) in [4.78, 5) is 4.59. The van der Waals surface area contributed by atoms with Crippen molar-refractivity contribution >= 4 is 186 Å². The van der Waals surface area contributed by atoms with Crippen LogP contribution in [0.25, 0.3) is 253 Å². The number of hydrogen-bond donors (Lipinski definition) is 0. The molecule has 9 nitrogen and oxygen atoms in total. The molecule has 0 unspecified atom stereocenters. The van der Waals surface area contributed by atoms with Gasteiger partial charge in [0, 0.05) is 109 Å². The van der Waals surface area contributed by atoms with Gasteiger partial charge in [0.2, 0.25) is 0 Å². The van der Waals surface area contributed by atoms with Crippen molar-refractivity contribution in [3.8, 4) is 67.4 Å². The zero-order valence-electron chi connectivity index (χ0n) is 71.3. The quantitative estimate of drug-likeness (QED) is 0.151. The minimum absolute atomic E-state index is 0.919. The maximum atomic E-state index is 6.27. The minimum atomic E-state index is 0.919. The van der Waals surface area contributed by atoms with Crippen LogP contribution in [0.2, 0.25) is 0 Å². The largest absolute Gasteiger partial charge is 0.456 e. The van der Waals surface area contributed by atoms with Gasteiger partial charge in [0.25, 0.3) is 0 Å². The van der Waals surface area contributed by atoms with Gasteiger partial charge < -0.3 is 31.4 Å². The molecule has 0 amide bonds. The van der Waals surface area contributed by atoms with E-state index >= 15 is 0 Å². The molecule has 0 saturated heterocycles. The molecule has 9 heterocycles. The molecule has 9 aromatic heterocycles. The van der Waals surface area contributed by atoms with E-state index in [1.54, 1.807) is 0 Å². The summed E-state index contributed by atoms with van der Waals surface area (Å²) in [6.07, 6.45) is 1.84. The summed E-state index contributed by atoms with van der Waals surface area (Å²) < 4.78 is 34.2. The van der Waals surface area contributed by atoms with E-state index in [4.69, 9.17) is 17.7 Å². The number of rotatable bonds is 8. The van der Waals surface area contributed by atoms with Gasteiger partial charge in [0.15, 0.2) is 0 Å². The molecule has 0 aliphatic rings. The van der Waals surface area contributed by atoms with Gasteiger partial charge in [-0.3, -0.25) is 4.57 Å². The first kappa shape index (κ1) is 75.5. The number of pyridine rings is 1. The summed E-state index contributed by atoms with van der Waals surface area (Å²) in [5, 5.41) is 21.3. The Morgan fingerprint density at radius 3 is 0.871 bits per heavy atom. The Bertz CT molecular complexity index is 9530. The summed E-state index contributed by atoms with van der Waals surface area (Å²) in [5.74, 6) is 0.922. The summed E-state index contributed by atoms with van der Waals surface area (Å²) in [5.41, 5.74) is 30.0. The van der Waals surface area contributed by atoms with Crippen molar-refractivity contribution < 1.29 is 17.7 Å². The fourth-order valence-electron chi connectivity index (χ4n) is 20.4. The Kier molecular flexibility index (Phi) is 17.8. The van der Waals surface area contributed by atoms with Gasteiger partial charge in [-0.25, -0.2) is 4.98 Å². The van der Waals surface area contributed by atoms with Crippen LogP contribution in [0.5, 0.6) is 0 Å². The molecular formula is C123H77N5O4. The van der Waals surface area contributed by atoms with Gasteiger partial charge in [-0.05, 0) is 207 Å². The molecule has 20 aromatic carbocycles. The van der Waals surface area contributed by atoms with Gasteiger partial charge in [-0.2, -0.15) is 0 Å². The molecule has 9 heteroatoms. The SMILES string of the molecule is c1ccc(-c2cc(-c3ccccc3)cc(-n3c4ccccc4c4cc5oc6ccccc6c5cc43)c2)cc1.c1ccc(-c2ccc(-n3c4ccccc4c4cc5oc6ccccc6c5cc43)cc2)cc1.c1ccc(-c2cccc3cc(-n4c5ccccc5c5cc6oc7ccccc7c6cc54)ccc23)cc1.c1ccc(-n2c3ccccc3c3cc4oc5ccccc5c4cc32)nc1. The van der Waals surface area contributed by atoms with Crippen LogP contribution < -0.4 is 0 Å². The standard InChI is InChI=1S/C36H23NO.C34H21NO.C30H19NO.C23H14N2O/c1-3-11-24(12-4-1)26-19-27(25-13-5-2-6-14-25)21-28(20-26)37-33-17-9-7-15-29(33)31-23-36-32(22-34(31)37)30-16-8-10-18-35(30)38-36;1-2-9-22(10-3-1)25-14-8-11-23-19-24(17-18-26(23)25)35-31-15-6-4-12-27(31)29-21-34-30(20-32(29)35)28-13-5-7-16-33(28)36-34;1-2-8-20(9-3-1)21-14-16-22(17-15-21)31-27-12-6-4-10-23(27)25-19-30-26(18-28(25)31)24-11-5-7-13-29(24)32-30;1-3-9-19-15(7-1)17-14-22-18(16-8-2-4-10-21(16)26-22)13-20(17)25(19)23-11-5-6-12-24-23/h1-23H;1-21H;1-19H;1-14H. The molecule has 0 atom stereocenters. The lowest BCUT2D eigenvalue weighted by Gasteiger charge is -2.14. The molecule has 0 radical (unpaired) electrons. The van der Waals surface area contributed by atoms with E-state index < -0.39 is 0 Å². The first-order valence-electron chi connectivity index (χ1n) is 44.8. The number of furan rings is 4. The Labute approximate surface area is 756 Å². The highest BCUT2D eigenvalue weighted by atomic mass is 16.3. The zero-order chi connectivity index (χ0) is 86.9. The zero-order valence-corrected chi connectivity index (χ0v) is 71.3. The van der Waals surface area contributed by atoms with E-state index in [0.29, 0.717) is 0 Å². The van der Waals surface area contributed by atoms with Gasteiger partial charge in [-0.15, -0.1) is 0 Å². The van der Waals surface area contributed by atoms with E-state index in [1.807, 2.05) is 72.9 Å². The summed E-state index contributed by atoms with van der Waals surface area (Å²) in [6.45, 7) is 0. The lowest BCUT2D eigenvalue weighted by molar-refractivity contribution is 0.669. The highest BCUT2D eigenvalue weighted by molar-refractivity contribution is 6.22. The number of hydrogen-bond acceptors (Lipinski definition) is 5. The molecule has 132 heavy (non-hydrogen) atoms. The lowest BCUT2D eigenvalue weighted by atomic mass is 9.98. The Morgan fingerprint density at radius 2 is 0.470 bits per heavy atom. The number of nitrogens with zero attached hydrogens (tertiary/aromatic N) is 5. The monoisotopic (exact) mass is 1690 g/mol. The van der Waals surface area contributed by atoms with Crippen LogP contribution in [0.15, 0.2) is 485 Å². The second-order valence-electron chi connectivity index (χ2n) is 33.9. The van der Waals surface area contributed by atoms with Crippen LogP contribution in [0.1, 0.15) is 0 Å². The maximum absolute atomic E-state index is 6.27. The van der Waals surface area contributed by atoms with Crippen LogP contribution in [-0.4, -0.2) is 23.3 Å². The predicted octanol–water partition coefficient (Wildman–Crippen LogP) is 33.9. The van der Waals surface area contributed by atoms with Gasteiger partial charge in [0.1, 0.15) is 50.5 Å². The smallest absolute Gasteiger partial charge is 0.137 e. The van der Waals surface area contributed by atoms with Gasteiger partial charge >= 0.3 is 0 Å². The fraction of sp³-hybridized carbons (Fsp3) is 0. The maximum Gasteiger partial charge on any atom is 0.137 e. The number of para-hydroxylation sites is 8. The van der Waals surface area contributed by atoms with Crippen molar-refractivity contribution in [3.05, 3.63) is 467 Å². The molecule has 29 rings (SSSR count). The Morgan fingerprint density at radius 1 is 0.152 bits per heavy atom. The molecule has 618 valence electrons. The molecule has 0 bridgehead atoms. The Balaban J connectivity index is 0.0000000930. The highest BCUT2D eigenvalue weighted by Gasteiger charge is 2.24. The molecule has 0 spiro atoms. The van der Waals surface area contributed by atoms with Gasteiger partial charge in [-0.1, -0.05) is 309 Å². The normalized spacial score (nSPS) is 11.8. The topological polar surface area (TPSA) is 85.2 Å². The van der Waals surface area contributed by atoms with E-state index in [-0.39, 0.29) is 0 Å². The third-order valence-corrected chi connectivity index (χ3v) is 26.4. The molecule has 0 N–H and O–H groups in total. The average Bonchev–Trinajstić information content (AvgIpc) is 1.52. The first-order valence-corrected chi connectivity index (χ1v) is 44.8. The van der Waals surface area contributed by atoms with Crippen LogP contribution in [-0.2, 0) is 0 Å². The van der Waals surface area contributed by atoms with Crippen LogP contribution in [0.3, 0.4) is 0 Å². The first-order chi connectivity index (χ1) is 65.4. The van der Waals surface area contributed by atoms with E-state index in [9.17, 15) is 0 Å².